The minimum absolute atomic E-state index is 0.0510. The van der Waals surface area contributed by atoms with E-state index in [1.54, 1.807) is 11.1 Å². The summed E-state index contributed by atoms with van der Waals surface area (Å²) in [6.45, 7) is 9.70. The van der Waals surface area contributed by atoms with Gasteiger partial charge in [0.15, 0.2) is 0 Å². The van der Waals surface area contributed by atoms with Crippen molar-refractivity contribution in [1.29, 1.82) is 0 Å². The Bertz CT molecular complexity index is 796. The monoisotopic (exact) mass is 394 g/mol. The van der Waals surface area contributed by atoms with E-state index in [2.05, 4.69) is 54.0 Å². The van der Waals surface area contributed by atoms with Crippen LogP contribution in [0.3, 0.4) is 0 Å². The molecule has 0 amide bonds. The van der Waals surface area contributed by atoms with E-state index >= 15 is 0 Å². The normalized spacial score (nSPS) is 35.3. The largest absolute Gasteiger partial charge is 0.462 e. The number of allylic oxidation sites excluding steroid dienone is 2. The molecule has 5 rings (SSSR count). The van der Waals surface area contributed by atoms with Crippen LogP contribution in [0.15, 0.2) is 41.5 Å². The Labute approximate surface area is 174 Å². The van der Waals surface area contributed by atoms with Crippen molar-refractivity contribution >= 4 is 11.7 Å². The van der Waals surface area contributed by atoms with Crippen LogP contribution in [-0.4, -0.2) is 49.7 Å². The zero-order valence-corrected chi connectivity index (χ0v) is 17.9. The van der Waals surface area contributed by atoms with Crippen molar-refractivity contribution in [2.75, 3.05) is 37.6 Å². The fourth-order valence-corrected chi connectivity index (χ4v) is 6.43. The Morgan fingerprint density at radius 1 is 1.14 bits per heavy atom. The molecule has 4 nitrogen and oxygen atoms in total. The lowest BCUT2D eigenvalue weighted by Gasteiger charge is -2.46. The molecule has 0 aromatic heterocycles. The fourth-order valence-electron chi connectivity index (χ4n) is 6.43. The maximum atomic E-state index is 12.8. The number of anilines is 1. The van der Waals surface area contributed by atoms with E-state index < -0.39 is 0 Å². The van der Waals surface area contributed by atoms with Crippen LogP contribution >= 0.6 is 0 Å². The van der Waals surface area contributed by atoms with Crippen LogP contribution < -0.4 is 4.90 Å². The van der Waals surface area contributed by atoms with Gasteiger partial charge in [-0.15, -0.1) is 0 Å². The molecule has 0 bridgehead atoms. The maximum absolute atomic E-state index is 12.8. The van der Waals surface area contributed by atoms with Gasteiger partial charge < -0.3 is 9.64 Å². The van der Waals surface area contributed by atoms with E-state index in [1.807, 2.05) is 0 Å². The summed E-state index contributed by atoms with van der Waals surface area (Å²) in [6, 6.07) is 10.7. The van der Waals surface area contributed by atoms with Crippen molar-refractivity contribution in [2.24, 2.45) is 17.3 Å². The van der Waals surface area contributed by atoms with Crippen LogP contribution in [0.4, 0.5) is 5.69 Å². The van der Waals surface area contributed by atoms with Crippen LogP contribution in [0.2, 0.25) is 0 Å². The molecule has 1 saturated carbocycles. The molecular weight excluding hydrogens is 360 g/mol. The molecule has 1 aromatic rings. The van der Waals surface area contributed by atoms with E-state index in [9.17, 15) is 4.79 Å². The predicted molar refractivity (Wildman–Crippen MR) is 116 cm³/mol. The van der Waals surface area contributed by atoms with Crippen LogP contribution in [0.5, 0.6) is 0 Å². The number of esters is 1. The lowest BCUT2D eigenvalue weighted by atomic mass is 9.59. The minimum atomic E-state index is 0.0510. The molecule has 2 aliphatic carbocycles. The van der Waals surface area contributed by atoms with Gasteiger partial charge in [-0.2, -0.15) is 0 Å². The first kappa shape index (κ1) is 19.2. The van der Waals surface area contributed by atoms with Crippen LogP contribution in [0, 0.1) is 17.3 Å². The first-order valence-electron chi connectivity index (χ1n) is 11.5. The highest BCUT2D eigenvalue weighted by Crippen LogP contribution is 2.55. The van der Waals surface area contributed by atoms with Gasteiger partial charge in [0, 0.05) is 44.3 Å². The van der Waals surface area contributed by atoms with Crippen molar-refractivity contribution in [3.05, 3.63) is 41.5 Å². The van der Waals surface area contributed by atoms with E-state index in [1.165, 1.54) is 24.9 Å². The lowest BCUT2D eigenvalue weighted by Crippen LogP contribution is -2.49. The summed E-state index contributed by atoms with van der Waals surface area (Å²) in [6.07, 6.45) is 6.03. The van der Waals surface area contributed by atoms with Gasteiger partial charge in [0.05, 0.1) is 5.92 Å². The fraction of sp³-hybridized carbons (Fsp3) is 0.640. The topological polar surface area (TPSA) is 32.8 Å². The Morgan fingerprint density at radius 2 is 1.90 bits per heavy atom. The third-order valence-electron chi connectivity index (χ3n) is 8.13. The molecule has 0 spiro atoms. The number of rotatable bonds is 3. The first-order valence-corrected chi connectivity index (χ1v) is 11.5. The predicted octanol–water partition coefficient (Wildman–Crippen LogP) is 4.27. The zero-order chi connectivity index (χ0) is 20.0. The number of carbonyl (C=O) groups is 1. The molecular formula is C25H34N2O2. The molecule has 2 aliphatic heterocycles. The van der Waals surface area contributed by atoms with Gasteiger partial charge in [0.1, 0.15) is 6.10 Å². The molecule has 4 heteroatoms. The number of fused-ring (bicyclic) bond motifs is 2. The third kappa shape index (κ3) is 3.50. The van der Waals surface area contributed by atoms with Crippen LogP contribution in [0.25, 0.3) is 0 Å². The molecule has 4 atom stereocenters. The summed E-state index contributed by atoms with van der Waals surface area (Å²) < 4.78 is 5.96. The van der Waals surface area contributed by atoms with Crippen molar-refractivity contribution < 1.29 is 9.53 Å². The molecule has 29 heavy (non-hydrogen) atoms. The SMILES string of the molecule is CC1=C2CC3C(CC2(C)CCC1)OC(=O)C3CN1CCN(c2ccccc2)CC1. The molecule has 2 heterocycles. The summed E-state index contributed by atoms with van der Waals surface area (Å²) in [4.78, 5) is 17.8. The van der Waals surface area contributed by atoms with Gasteiger partial charge in [0.25, 0.3) is 0 Å². The van der Waals surface area contributed by atoms with Crippen molar-refractivity contribution in [1.82, 2.24) is 4.90 Å². The summed E-state index contributed by atoms with van der Waals surface area (Å²) >= 11 is 0. The van der Waals surface area contributed by atoms with Gasteiger partial charge in [-0.3, -0.25) is 9.69 Å². The quantitative estimate of drug-likeness (QED) is 0.566. The Morgan fingerprint density at radius 3 is 2.66 bits per heavy atom. The van der Waals surface area contributed by atoms with E-state index in [4.69, 9.17) is 4.74 Å². The first-order chi connectivity index (χ1) is 14.0. The van der Waals surface area contributed by atoms with Crippen molar-refractivity contribution in [3.63, 3.8) is 0 Å². The number of ether oxygens (including phenoxy) is 1. The molecule has 3 fully saturated rings. The Hall–Kier alpha value is -1.81. The Kier molecular flexibility index (Phi) is 4.93. The second kappa shape index (κ2) is 7.46. The molecule has 2 saturated heterocycles. The van der Waals surface area contributed by atoms with Crippen LogP contribution in [-0.2, 0) is 9.53 Å². The van der Waals surface area contributed by atoms with Gasteiger partial charge in [-0.1, -0.05) is 36.3 Å². The lowest BCUT2D eigenvalue weighted by molar-refractivity contribution is -0.145. The van der Waals surface area contributed by atoms with Crippen molar-refractivity contribution in [3.8, 4) is 0 Å². The number of carbonyl (C=O) groups excluding carboxylic acids is 1. The summed E-state index contributed by atoms with van der Waals surface area (Å²) in [5, 5.41) is 0. The molecule has 0 N–H and O–H groups in total. The maximum Gasteiger partial charge on any atom is 0.310 e. The van der Waals surface area contributed by atoms with Crippen molar-refractivity contribution in [2.45, 2.75) is 52.1 Å². The highest BCUT2D eigenvalue weighted by Gasteiger charge is 2.53. The molecule has 1 aromatic carbocycles. The van der Waals surface area contributed by atoms with Gasteiger partial charge in [-0.25, -0.2) is 0 Å². The number of piperazine rings is 1. The molecule has 156 valence electrons. The smallest absolute Gasteiger partial charge is 0.310 e. The minimum Gasteiger partial charge on any atom is -0.462 e. The summed E-state index contributed by atoms with van der Waals surface area (Å²) in [5.74, 6) is 0.492. The molecule has 0 radical (unpaired) electrons. The van der Waals surface area contributed by atoms with Gasteiger partial charge >= 0.3 is 5.97 Å². The van der Waals surface area contributed by atoms with Crippen LogP contribution in [0.1, 0.15) is 46.0 Å². The number of nitrogens with zero attached hydrogens (tertiary/aromatic N) is 2. The third-order valence-corrected chi connectivity index (χ3v) is 8.13. The van der Waals surface area contributed by atoms with E-state index in [-0.39, 0.29) is 23.4 Å². The number of benzene rings is 1. The average Bonchev–Trinajstić information content (AvgIpc) is 3.01. The highest BCUT2D eigenvalue weighted by atomic mass is 16.6. The standard InChI is InChI=1S/C25H34N2O2/c1-18-7-6-10-25(2)16-23-20(15-22(18)25)21(24(28)29-23)17-26-11-13-27(14-12-26)19-8-4-3-5-9-19/h3-5,8-9,20-21,23H,6-7,10-17H2,1-2H3. The van der Waals surface area contributed by atoms with E-state index in [0.717, 1.165) is 45.6 Å². The van der Waals surface area contributed by atoms with Gasteiger partial charge in [0.2, 0.25) is 0 Å². The van der Waals surface area contributed by atoms with E-state index in [0.29, 0.717) is 5.92 Å². The molecule has 4 unspecified atom stereocenters. The highest BCUT2D eigenvalue weighted by molar-refractivity contribution is 5.76. The number of hydrogen-bond acceptors (Lipinski definition) is 4. The average molecular weight is 395 g/mol. The Balaban J connectivity index is 1.25. The van der Waals surface area contributed by atoms with Gasteiger partial charge in [-0.05, 0) is 56.6 Å². The second-order valence-corrected chi connectivity index (χ2v) is 9.95. The number of para-hydroxylation sites is 1. The summed E-state index contributed by atoms with van der Waals surface area (Å²) in [5.41, 5.74) is 4.81. The summed E-state index contributed by atoms with van der Waals surface area (Å²) in [7, 11) is 0. The molecule has 4 aliphatic rings. The number of hydrogen-bond donors (Lipinski definition) is 0. The zero-order valence-electron chi connectivity index (χ0n) is 17.9. The second-order valence-electron chi connectivity index (χ2n) is 9.95.